The average Bonchev–Trinajstić information content (AvgIpc) is 2.51. The lowest BCUT2D eigenvalue weighted by molar-refractivity contribution is 0.508. The molecule has 0 aliphatic carbocycles. The Morgan fingerprint density at radius 2 is 1.04 bits per heavy atom. The van der Waals surface area contributed by atoms with Crippen molar-refractivity contribution in [3.05, 3.63) is 71.6 Å². The van der Waals surface area contributed by atoms with Crippen molar-refractivity contribution in [1.29, 1.82) is 0 Å². The first-order valence-corrected chi connectivity index (χ1v) is 6.51. The summed E-state index contributed by atoms with van der Waals surface area (Å²) >= 11 is 0. The van der Waals surface area contributed by atoms with Crippen LogP contribution in [0.5, 0.6) is 0 Å². The second kappa shape index (κ2) is 5.95. The molecule has 0 spiro atoms. The zero-order chi connectivity index (χ0) is 17.4. The van der Waals surface area contributed by atoms with Gasteiger partial charge in [-0.15, -0.1) is 10.2 Å². The minimum atomic E-state index is -1.46. The third kappa shape index (κ3) is 2.70. The number of hydrogen-bond acceptors (Lipinski definition) is 2. The number of nitrogens with zero attached hydrogens (tertiary/aromatic N) is 2. The fourth-order valence-corrected chi connectivity index (χ4v) is 2.28. The maximum atomic E-state index is 14.1. The molecule has 8 heteroatoms. The average molecular weight is 340 g/mol. The van der Waals surface area contributed by atoms with Gasteiger partial charge >= 0.3 is 0 Å². The minimum absolute atomic E-state index is 0.0826. The summed E-state index contributed by atoms with van der Waals surface area (Å²) in [5.74, 6) is -7.53. The summed E-state index contributed by atoms with van der Waals surface area (Å²) in [5.41, 5.74) is -2.57. The van der Waals surface area contributed by atoms with Gasteiger partial charge in [0.05, 0.1) is 16.7 Å². The van der Waals surface area contributed by atoms with E-state index < -0.39 is 51.9 Å². The van der Waals surface area contributed by atoms with Crippen LogP contribution in [-0.4, -0.2) is 10.2 Å². The highest BCUT2D eigenvalue weighted by Gasteiger charge is 2.25. The molecule has 0 radical (unpaired) electrons. The summed E-state index contributed by atoms with van der Waals surface area (Å²) in [6, 6.07) is 4.72. The highest BCUT2D eigenvalue weighted by Crippen LogP contribution is 2.37. The Morgan fingerprint density at radius 3 is 1.58 bits per heavy atom. The molecule has 0 atom stereocenters. The third-order valence-corrected chi connectivity index (χ3v) is 3.28. The van der Waals surface area contributed by atoms with E-state index >= 15 is 0 Å². The zero-order valence-corrected chi connectivity index (χ0v) is 11.6. The Kier molecular flexibility index (Phi) is 3.96. The molecule has 0 unspecified atom stereocenters. The number of hydrogen-bond donors (Lipinski definition) is 0. The molecule has 0 amide bonds. The van der Waals surface area contributed by atoms with E-state index in [4.69, 9.17) is 0 Å². The number of benzene rings is 2. The Bertz CT molecular complexity index is 902. The van der Waals surface area contributed by atoms with Crippen molar-refractivity contribution in [2.45, 2.75) is 0 Å². The van der Waals surface area contributed by atoms with E-state index in [0.29, 0.717) is 12.1 Å². The van der Waals surface area contributed by atoms with Gasteiger partial charge < -0.3 is 0 Å². The summed E-state index contributed by atoms with van der Waals surface area (Å²) in [5, 5.41) is 5.81. The SMILES string of the molecule is Fc1ccc(-c2c(F)nnc(F)c2-c2c(F)cc(F)cc2F)cc1. The summed E-state index contributed by atoms with van der Waals surface area (Å²) < 4.78 is 82.2. The fourth-order valence-electron chi connectivity index (χ4n) is 2.28. The van der Waals surface area contributed by atoms with Gasteiger partial charge in [0.25, 0.3) is 0 Å². The van der Waals surface area contributed by atoms with Gasteiger partial charge in [-0.25, -0.2) is 17.6 Å². The van der Waals surface area contributed by atoms with Crippen LogP contribution in [0, 0.1) is 35.2 Å². The van der Waals surface area contributed by atoms with Gasteiger partial charge in [-0.05, 0) is 17.7 Å². The molecule has 0 fully saturated rings. The van der Waals surface area contributed by atoms with Crippen LogP contribution >= 0.6 is 0 Å². The summed E-state index contributed by atoms with van der Waals surface area (Å²) in [7, 11) is 0. The molecule has 1 heterocycles. The maximum Gasteiger partial charge on any atom is 0.242 e. The monoisotopic (exact) mass is 340 g/mol. The largest absolute Gasteiger partial charge is 0.242 e. The van der Waals surface area contributed by atoms with Crippen molar-refractivity contribution in [3.8, 4) is 22.3 Å². The van der Waals surface area contributed by atoms with E-state index in [0.717, 1.165) is 24.3 Å². The molecule has 3 aromatic rings. The van der Waals surface area contributed by atoms with Gasteiger partial charge in [-0.3, -0.25) is 0 Å². The Hall–Kier alpha value is -2.90. The standard InChI is InChI=1S/C16H6F6N2/c17-8-3-1-7(2-4-8)12-14(16(22)24-23-15(12)21)13-10(19)5-9(18)6-11(13)20/h1-6H. The highest BCUT2D eigenvalue weighted by molar-refractivity contribution is 5.83. The second-order valence-corrected chi connectivity index (χ2v) is 4.78. The fraction of sp³-hybridized carbons (Fsp3) is 0. The van der Waals surface area contributed by atoms with Gasteiger partial charge in [-0.2, -0.15) is 8.78 Å². The van der Waals surface area contributed by atoms with Crippen molar-refractivity contribution in [3.63, 3.8) is 0 Å². The lowest BCUT2D eigenvalue weighted by Gasteiger charge is -2.12. The second-order valence-electron chi connectivity index (χ2n) is 4.78. The van der Waals surface area contributed by atoms with Crippen LogP contribution in [0.3, 0.4) is 0 Å². The van der Waals surface area contributed by atoms with Gasteiger partial charge in [0.2, 0.25) is 11.9 Å². The van der Waals surface area contributed by atoms with Crippen LogP contribution in [0.15, 0.2) is 36.4 Å². The predicted octanol–water partition coefficient (Wildman–Crippen LogP) is 4.65. The molecule has 0 saturated carbocycles. The van der Waals surface area contributed by atoms with Crippen molar-refractivity contribution < 1.29 is 26.3 Å². The van der Waals surface area contributed by atoms with E-state index in [2.05, 4.69) is 10.2 Å². The quantitative estimate of drug-likeness (QED) is 0.635. The third-order valence-electron chi connectivity index (χ3n) is 3.28. The van der Waals surface area contributed by atoms with Crippen LogP contribution in [0.2, 0.25) is 0 Å². The number of aromatic nitrogens is 2. The first kappa shape index (κ1) is 16.0. The summed E-state index contributed by atoms with van der Waals surface area (Å²) in [6.07, 6.45) is 0. The maximum absolute atomic E-state index is 14.1. The van der Waals surface area contributed by atoms with E-state index in [-0.39, 0.29) is 5.56 Å². The van der Waals surface area contributed by atoms with Gasteiger partial charge in [0.15, 0.2) is 0 Å². The molecule has 0 saturated heterocycles. The predicted molar refractivity (Wildman–Crippen MR) is 72.7 cm³/mol. The molecule has 3 rings (SSSR count). The Balaban J connectivity index is 2.37. The van der Waals surface area contributed by atoms with Gasteiger partial charge in [0, 0.05) is 12.1 Å². The molecule has 122 valence electrons. The first-order valence-electron chi connectivity index (χ1n) is 6.51. The van der Waals surface area contributed by atoms with E-state index in [9.17, 15) is 26.3 Å². The smallest absolute Gasteiger partial charge is 0.207 e. The molecule has 0 aliphatic heterocycles. The van der Waals surface area contributed by atoms with E-state index in [1.54, 1.807) is 0 Å². The number of rotatable bonds is 2. The molecule has 0 aliphatic rings. The molecule has 0 bridgehead atoms. The van der Waals surface area contributed by atoms with Gasteiger partial charge in [-0.1, -0.05) is 12.1 Å². The minimum Gasteiger partial charge on any atom is -0.207 e. The zero-order valence-electron chi connectivity index (χ0n) is 11.6. The van der Waals surface area contributed by atoms with Crippen LogP contribution in [0.25, 0.3) is 22.3 Å². The van der Waals surface area contributed by atoms with Gasteiger partial charge in [0.1, 0.15) is 23.3 Å². The molecule has 2 nitrogen and oxygen atoms in total. The van der Waals surface area contributed by atoms with Crippen molar-refractivity contribution >= 4 is 0 Å². The van der Waals surface area contributed by atoms with Crippen LogP contribution in [0.4, 0.5) is 26.3 Å². The summed E-state index contributed by atoms with van der Waals surface area (Å²) in [4.78, 5) is 0. The molecular formula is C16H6F6N2. The van der Waals surface area contributed by atoms with Crippen molar-refractivity contribution in [2.24, 2.45) is 0 Å². The van der Waals surface area contributed by atoms with Crippen LogP contribution in [0.1, 0.15) is 0 Å². The van der Waals surface area contributed by atoms with Crippen molar-refractivity contribution in [2.75, 3.05) is 0 Å². The van der Waals surface area contributed by atoms with E-state index in [1.807, 2.05) is 0 Å². The molecular weight excluding hydrogens is 334 g/mol. The summed E-state index contributed by atoms with van der Waals surface area (Å²) in [6.45, 7) is 0. The van der Waals surface area contributed by atoms with Crippen molar-refractivity contribution in [1.82, 2.24) is 10.2 Å². The normalized spacial score (nSPS) is 10.9. The molecule has 24 heavy (non-hydrogen) atoms. The topological polar surface area (TPSA) is 25.8 Å². The van der Waals surface area contributed by atoms with Crippen LogP contribution in [-0.2, 0) is 0 Å². The lowest BCUT2D eigenvalue weighted by atomic mass is 9.96. The number of halogens is 6. The van der Waals surface area contributed by atoms with Crippen LogP contribution < -0.4 is 0 Å². The molecule has 1 aromatic heterocycles. The molecule has 2 aromatic carbocycles. The highest BCUT2D eigenvalue weighted by atomic mass is 19.2. The molecule has 0 N–H and O–H groups in total. The Morgan fingerprint density at radius 1 is 0.542 bits per heavy atom. The Labute approximate surface area is 131 Å². The first-order chi connectivity index (χ1) is 11.4. The lowest BCUT2D eigenvalue weighted by Crippen LogP contribution is -2.04. The van der Waals surface area contributed by atoms with E-state index in [1.165, 1.54) is 0 Å².